The van der Waals surface area contributed by atoms with E-state index >= 15 is 0 Å². The van der Waals surface area contributed by atoms with Crippen molar-refractivity contribution in [2.45, 2.75) is 13.0 Å². The maximum atomic E-state index is 12.0. The Morgan fingerprint density at radius 2 is 1.61 bits per heavy atom. The summed E-state index contributed by atoms with van der Waals surface area (Å²) in [4.78, 5) is 23.9. The summed E-state index contributed by atoms with van der Waals surface area (Å²) in [5.41, 5.74) is 1.45. The first-order valence-corrected chi connectivity index (χ1v) is 7.80. The lowest BCUT2D eigenvalue weighted by Crippen LogP contribution is -2.36. The third-order valence-corrected chi connectivity index (χ3v) is 3.80. The highest BCUT2D eigenvalue weighted by Crippen LogP contribution is 2.17. The Morgan fingerprint density at radius 3 is 2.17 bits per heavy atom. The van der Waals surface area contributed by atoms with Gasteiger partial charge in [0.25, 0.3) is 0 Å². The van der Waals surface area contributed by atoms with Gasteiger partial charge >= 0.3 is 11.8 Å². The quantitative estimate of drug-likeness (QED) is 0.804. The van der Waals surface area contributed by atoms with Crippen LogP contribution in [0.2, 0.25) is 0 Å². The first-order valence-electron chi connectivity index (χ1n) is 7.01. The number of halogens is 1. The number of hydrogen-bond donors (Lipinski definition) is 2. The molecule has 6 heteroatoms. The van der Waals surface area contributed by atoms with E-state index in [9.17, 15) is 9.59 Å². The minimum absolute atomic E-state index is 0.288. The van der Waals surface area contributed by atoms with Crippen molar-refractivity contribution >= 4 is 33.4 Å². The molecule has 0 fully saturated rings. The molecule has 0 saturated heterocycles. The molecule has 0 spiro atoms. The first-order chi connectivity index (χ1) is 11.0. The zero-order chi connectivity index (χ0) is 16.8. The van der Waals surface area contributed by atoms with Crippen molar-refractivity contribution in [3.8, 4) is 5.75 Å². The van der Waals surface area contributed by atoms with E-state index in [1.54, 1.807) is 43.5 Å². The molecule has 0 aliphatic carbocycles. The van der Waals surface area contributed by atoms with Crippen molar-refractivity contribution in [2.24, 2.45) is 0 Å². The summed E-state index contributed by atoms with van der Waals surface area (Å²) in [5.74, 6) is -0.649. The number of methoxy groups -OCH3 is 1. The first kappa shape index (κ1) is 17.0. The molecule has 0 aliphatic heterocycles. The number of nitrogens with one attached hydrogen (secondary N) is 2. The van der Waals surface area contributed by atoms with E-state index in [2.05, 4.69) is 26.6 Å². The molecule has 2 rings (SSSR count). The second-order valence-corrected chi connectivity index (χ2v) is 5.85. The summed E-state index contributed by atoms with van der Waals surface area (Å²) in [5, 5.41) is 5.22. The largest absolute Gasteiger partial charge is 0.497 e. The van der Waals surface area contributed by atoms with Crippen molar-refractivity contribution in [3.05, 3.63) is 58.6 Å². The average Bonchev–Trinajstić information content (AvgIpc) is 2.56. The van der Waals surface area contributed by atoms with Crippen LogP contribution >= 0.6 is 15.9 Å². The summed E-state index contributed by atoms with van der Waals surface area (Å²) in [6.07, 6.45) is 0. The van der Waals surface area contributed by atoms with Crippen LogP contribution in [0.4, 0.5) is 5.69 Å². The van der Waals surface area contributed by atoms with Crippen molar-refractivity contribution < 1.29 is 14.3 Å². The topological polar surface area (TPSA) is 67.4 Å². The molecule has 0 aliphatic rings. The summed E-state index contributed by atoms with van der Waals surface area (Å²) in [7, 11) is 1.59. The zero-order valence-corrected chi connectivity index (χ0v) is 14.4. The fourth-order valence-electron chi connectivity index (χ4n) is 1.96. The van der Waals surface area contributed by atoms with Gasteiger partial charge in [0.15, 0.2) is 0 Å². The monoisotopic (exact) mass is 376 g/mol. The van der Waals surface area contributed by atoms with Crippen molar-refractivity contribution in [1.82, 2.24) is 5.32 Å². The maximum Gasteiger partial charge on any atom is 0.313 e. The van der Waals surface area contributed by atoms with Gasteiger partial charge in [0.05, 0.1) is 13.2 Å². The van der Waals surface area contributed by atoms with E-state index in [4.69, 9.17) is 4.74 Å². The number of ether oxygens (including phenoxy) is 1. The number of carbonyl (C=O) groups excluding carboxylic acids is 2. The Hall–Kier alpha value is -2.34. The summed E-state index contributed by atoms with van der Waals surface area (Å²) in [6.45, 7) is 1.81. The van der Waals surface area contributed by atoms with Crippen molar-refractivity contribution in [1.29, 1.82) is 0 Å². The van der Waals surface area contributed by atoms with Crippen LogP contribution in [0.1, 0.15) is 18.5 Å². The van der Waals surface area contributed by atoms with Crippen LogP contribution in [-0.4, -0.2) is 18.9 Å². The summed E-state index contributed by atoms with van der Waals surface area (Å²) in [6, 6.07) is 14.0. The smallest absolute Gasteiger partial charge is 0.313 e. The second-order valence-electron chi connectivity index (χ2n) is 4.93. The number of carbonyl (C=O) groups is 2. The molecular formula is C17H17BrN2O3. The fourth-order valence-corrected chi connectivity index (χ4v) is 2.22. The van der Waals surface area contributed by atoms with Gasteiger partial charge in [-0.15, -0.1) is 0 Å². The predicted molar refractivity (Wildman–Crippen MR) is 92.3 cm³/mol. The van der Waals surface area contributed by atoms with Gasteiger partial charge in [0, 0.05) is 10.2 Å². The molecule has 1 atom stereocenters. The number of amides is 2. The van der Waals surface area contributed by atoms with Gasteiger partial charge in [-0.2, -0.15) is 0 Å². The van der Waals surface area contributed by atoms with Crippen LogP contribution in [0.15, 0.2) is 53.0 Å². The van der Waals surface area contributed by atoms with E-state index < -0.39 is 11.8 Å². The minimum Gasteiger partial charge on any atom is -0.497 e. The standard InChI is InChI=1S/C17H17BrN2O3/c1-11(12-3-9-15(23-2)10-4-12)19-16(21)17(22)20-14-7-5-13(18)6-8-14/h3-11H,1-2H3,(H,19,21)(H,20,22). The van der Waals surface area contributed by atoms with Gasteiger partial charge in [-0.25, -0.2) is 0 Å². The Balaban J connectivity index is 1.94. The highest BCUT2D eigenvalue weighted by Gasteiger charge is 2.17. The summed E-state index contributed by atoms with van der Waals surface area (Å²) >= 11 is 3.31. The number of anilines is 1. The predicted octanol–water partition coefficient (Wildman–Crippen LogP) is 3.27. The SMILES string of the molecule is COc1ccc(C(C)NC(=O)C(=O)Nc2ccc(Br)cc2)cc1. The van der Waals surface area contributed by atoms with E-state index in [1.165, 1.54) is 0 Å². The molecule has 0 heterocycles. The molecule has 2 amide bonds. The lowest BCUT2D eigenvalue weighted by Gasteiger charge is -2.14. The molecule has 5 nitrogen and oxygen atoms in total. The zero-order valence-electron chi connectivity index (χ0n) is 12.8. The molecule has 0 saturated carbocycles. The Bertz CT molecular complexity index is 684. The van der Waals surface area contributed by atoms with Gasteiger partial charge in [0.2, 0.25) is 0 Å². The van der Waals surface area contributed by atoms with Crippen LogP contribution in [0.5, 0.6) is 5.75 Å². The third kappa shape index (κ3) is 4.82. The Labute approximate surface area is 143 Å². The average molecular weight is 377 g/mol. The van der Waals surface area contributed by atoms with Crippen LogP contribution < -0.4 is 15.4 Å². The molecule has 120 valence electrons. The molecule has 0 aromatic heterocycles. The van der Waals surface area contributed by atoms with Crippen LogP contribution in [0.25, 0.3) is 0 Å². The van der Waals surface area contributed by atoms with E-state index in [0.29, 0.717) is 5.69 Å². The number of rotatable bonds is 4. The van der Waals surface area contributed by atoms with Crippen LogP contribution in [-0.2, 0) is 9.59 Å². The molecule has 2 aromatic carbocycles. The lowest BCUT2D eigenvalue weighted by atomic mass is 10.1. The molecule has 1 unspecified atom stereocenters. The molecule has 0 bridgehead atoms. The molecule has 0 radical (unpaired) electrons. The lowest BCUT2D eigenvalue weighted by molar-refractivity contribution is -0.136. The summed E-state index contributed by atoms with van der Waals surface area (Å²) < 4.78 is 5.98. The third-order valence-electron chi connectivity index (χ3n) is 3.27. The highest BCUT2D eigenvalue weighted by atomic mass is 79.9. The number of benzene rings is 2. The molecule has 23 heavy (non-hydrogen) atoms. The fraction of sp³-hybridized carbons (Fsp3) is 0.176. The van der Waals surface area contributed by atoms with E-state index in [0.717, 1.165) is 15.8 Å². The van der Waals surface area contributed by atoms with E-state index in [1.807, 2.05) is 19.1 Å². The minimum atomic E-state index is -0.701. The van der Waals surface area contributed by atoms with Gasteiger partial charge in [-0.3, -0.25) is 9.59 Å². The maximum absolute atomic E-state index is 12.0. The van der Waals surface area contributed by atoms with Gasteiger partial charge < -0.3 is 15.4 Å². The number of hydrogen-bond acceptors (Lipinski definition) is 3. The van der Waals surface area contributed by atoms with Gasteiger partial charge in [-0.1, -0.05) is 28.1 Å². The van der Waals surface area contributed by atoms with Crippen molar-refractivity contribution in [3.63, 3.8) is 0 Å². The molecule has 2 N–H and O–H groups in total. The Kier molecular flexibility index (Phi) is 5.76. The van der Waals surface area contributed by atoms with Gasteiger partial charge in [-0.05, 0) is 48.9 Å². The molecular weight excluding hydrogens is 360 g/mol. The normalized spacial score (nSPS) is 11.4. The van der Waals surface area contributed by atoms with Crippen LogP contribution in [0.3, 0.4) is 0 Å². The Morgan fingerprint density at radius 1 is 1.00 bits per heavy atom. The highest BCUT2D eigenvalue weighted by molar-refractivity contribution is 9.10. The van der Waals surface area contributed by atoms with Crippen LogP contribution in [0, 0.1) is 0 Å². The van der Waals surface area contributed by atoms with Crippen molar-refractivity contribution in [2.75, 3.05) is 12.4 Å². The molecule has 2 aromatic rings. The second kappa shape index (κ2) is 7.78. The van der Waals surface area contributed by atoms with Gasteiger partial charge in [0.1, 0.15) is 5.75 Å². The van der Waals surface area contributed by atoms with E-state index in [-0.39, 0.29) is 6.04 Å².